The number of likely N-dealkylation sites (tertiary alicyclic amines) is 1. The van der Waals surface area contributed by atoms with Gasteiger partial charge in [-0.1, -0.05) is 30.3 Å². The summed E-state index contributed by atoms with van der Waals surface area (Å²) >= 11 is 3.66. The quantitative estimate of drug-likeness (QED) is 0.914. The highest BCUT2D eigenvalue weighted by atomic mass is 79.9. The van der Waals surface area contributed by atoms with Gasteiger partial charge in [-0.05, 0) is 32.8 Å². The van der Waals surface area contributed by atoms with Crippen molar-refractivity contribution in [3.8, 4) is 5.75 Å². The van der Waals surface area contributed by atoms with Crippen molar-refractivity contribution in [3.05, 3.63) is 40.9 Å². The normalized spacial score (nSPS) is 16.1. The molecular weight excluding hydrogens is 302 g/mol. The van der Waals surface area contributed by atoms with Gasteiger partial charge in [0.25, 0.3) is 0 Å². The van der Waals surface area contributed by atoms with Crippen LogP contribution in [0, 0.1) is 0 Å². The average Bonchev–Trinajstić information content (AvgIpc) is 2.95. The van der Waals surface area contributed by atoms with E-state index >= 15 is 0 Å². The number of hydrogen-bond donors (Lipinski definition) is 1. The molecule has 0 amide bonds. The van der Waals surface area contributed by atoms with Crippen LogP contribution in [0.5, 0.6) is 5.75 Å². The highest BCUT2D eigenvalue weighted by Gasteiger charge is 2.15. The standard InChI is InChI=1S/C16H18BrNO/c17-16-14-6-2-1-5-13(14)7-8-15(16)19-12-11-18-9-3-4-10-18/h1-2,5-8H,3-4,9-12H2/p+1. The Morgan fingerprint density at radius 3 is 2.68 bits per heavy atom. The number of quaternary nitrogens is 1. The van der Waals surface area contributed by atoms with Crippen molar-refractivity contribution >= 4 is 26.7 Å². The van der Waals surface area contributed by atoms with Crippen LogP contribution in [-0.2, 0) is 0 Å². The monoisotopic (exact) mass is 320 g/mol. The molecule has 0 radical (unpaired) electrons. The number of rotatable bonds is 4. The summed E-state index contributed by atoms with van der Waals surface area (Å²) in [7, 11) is 0. The highest BCUT2D eigenvalue weighted by molar-refractivity contribution is 9.10. The van der Waals surface area contributed by atoms with Crippen LogP contribution < -0.4 is 9.64 Å². The van der Waals surface area contributed by atoms with Gasteiger partial charge in [0.05, 0.1) is 17.6 Å². The molecule has 3 heteroatoms. The lowest BCUT2D eigenvalue weighted by atomic mass is 10.1. The summed E-state index contributed by atoms with van der Waals surface area (Å²) in [5, 5.41) is 2.46. The van der Waals surface area contributed by atoms with Crippen molar-refractivity contribution in [1.82, 2.24) is 0 Å². The van der Waals surface area contributed by atoms with Gasteiger partial charge in [-0.15, -0.1) is 0 Å². The Hall–Kier alpha value is -1.06. The van der Waals surface area contributed by atoms with E-state index in [1.165, 1.54) is 36.7 Å². The second-order valence-corrected chi connectivity index (χ2v) is 5.95. The smallest absolute Gasteiger partial charge is 0.137 e. The van der Waals surface area contributed by atoms with Crippen molar-refractivity contribution < 1.29 is 9.64 Å². The first-order valence-electron chi connectivity index (χ1n) is 6.98. The van der Waals surface area contributed by atoms with E-state index in [2.05, 4.69) is 52.3 Å². The van der Waals surface area contributed by atoms with Gasteiger partial charge in [0.2, 0.25) is 0 Å². The maximum atomic E-state index is 5.94. The van der Waals surface area contributed by atoms with E-state index in [4.69, 9.17) is 4.74 Å². The Labute approximate surface area is 122 Å². The molecule has 2 aromatic rings. The second-order valence-electron chi connectivity index (χ2n) is 5.15. The van der Waals surface area contributed by atoms with Crippen LogP contribution in [0.15, 0.2) is 40.9 Å². The number of hydrogen-bond acceptors (Lipinski definition) is 1. The molecule has 100 valence electrons. The lowest BCUT2D eigenvalue weighted by Gasteiger charge is -2.14. The number of benzene rings is 2. The Balaban J connectivity index is 1.68. The largest absolute Gasteiger partial charge is 0.487 e. The zero-order valence-corrected chi connectivity index (χ0v) is 12.6. The first-order valence-corrected chi connectivity index (χ1v) is 7.77. The van der Waals surface area contributed by atoms with Crippen LogP contribution in [0.4, 0.5) is 0 Å². The van der Waals surface area contributed by atoms with Crippen LogP contribution in [0.1, 0.15) is 12.8 Å². The number of nitrogens with one attached hydrogen (secondary N) is 1. The highest BCUT2D eigenvalue weighted by Crippen LogP contribution is 2.32. The summed E-state index contributed by atoms with van der Waals surface area (Å²) in [5.41, 5.74) is 0. The van der Waals surface area contributed by atoms with Crippen LogP contribution in [0.3, 0.4) is 0 Å². The predicted octanol–water partition coefficient (Wildman–Crippen LogP) is 2.66. The van der Waals surface area contributed by atoms with Crippen LogP contribution >= 0.6 is 15.9 Å². The fraction of sp³-hybridized carbons (Fsp3) is 0.375. The molecule has 1 heterocycles. The first kappa shape index (κ1) is 12.9. The van der Waals surface area contributed by atoms with E-state index in [1.54, 1.807) is 4.90 Å². The predicted molar refractivity (Wildman–Crippen MR) is 81.9 cm³/mol. The molecule has 0 aliphatic carbocycles. The van der Waals surface area contributed by atoms with E-state index in [9.17, 15) is 0 Å². The molecule has 0 atom stereocenters. The summed E-state index contributed by atoms with van der Waals surface area (Å²) in [6, 6.07) is 12.6. The van der Waals surface area contributed by atoms with Gasteiger partial charge in [0.15, 0.2) is 0 Å². The third-order valence-electron chi connectivity index (χ3n) is 3.85. The van der Waals surface area contributed by atoms with Crippen molar-refractivity contribution in [2.45, 2.75) is 12.8 Å². The topological polar surface area (TPSA) is 13.7 Å². The van der Waals surface area contributed by atoms with Crippen molar-refractivity contribution in [3.63, 3.8) is 0 Å². The molecule has 2 aromatic carbocycles. The minimum absolute atomic E-state index is 0.798. The minimum atomic E-state index is 0.798. The molecule has 19 heavy (non-hydrogen) atoms. The molecule has 1 saturated heterocycles. The molecular formula is C16H19BrNO+. The molecule has 1 aliphatic rings. The Kier molecular flexibility index (Phi) is 4.04. The van der Waals surface area contributed by atoms with Gasteiger partial charge < -0.3 is 9.64 Å². The lowest BCUT2D eigenvalue weighted by molar-refractivity contribution is -0.887. The Bertz CT molecular complexity index is 564. The summed E-state index contributed by atoms with van der Waals surface area (Å²) in [4.78, 5) is 1.68. The average molecular weight is 321 g/mol. The fourth-order valence-electron chi connectivity index (χ4n) is 2.76. The molecule has 0 spiro atoms. The summed E-state index contributed by atoms with van der Waals surface area (Å²) < 4.78 is 7.01. The Morgan fingerprint density at radius 1 is 1.05 bits per heavy atom. The third-order valence-corrected chi connectivity index (χ3v) is 4.67. The van der Waals surface area contributed by atoms with E-state index in [-0.39, 0.29) is 0 Å². The zero-order chi connectivity index (χ0) is 13.1. The molecule has 0 saturated carbocycles. The number of fused-ring (bicyclic) bond motifs is 1. The molecule has 1 aliphatic heterocycles. The van der Waals surface area contributed by atoms with Gasteiger partial charge in [0.1, 0.15) is 18.9 Å². The molecule has 1 N–H and O–H groups in total. The SMILES string of the molecule is Brc1c(OCC[NH+]2CCCC2)ccc2ccccc12. The van der Waals surface area contributed by atoms with Gasteiger partial charge in [0, 0.05) is 12.8 Å². The number of ether oxygens (including phenoxy) is 1. The molecule has 0 aromatic heterocycles. The van der Waals surface area contributed by atoms with E-state index in [1.807, 2.05) is 0 Å². The van der Waals surface area contributed by atoms with Crippen molar-refractivity contribution in [1.29, 1.82) is 0 Å². The summed E-state index contributed by atoms with van der Waals surface area (Å²) in [6.45, 7) is 4.52. The molecule has 0 unspecified atom stereocenters. The van der Waals surface area contributed by atoms with E-state index in [0.29, 0.717) is 0 Å². The minimum Gasteiger partial charge on any atom is -0.487 e. The maximum absolute atomic E-state index is 5.94. The summed E-state index contributed by atoms with van der Waals surface area (Å²) in [6.07, 6.45) is 2.74. The third kappa shape index (κ3) is 2.93. The molecule has 2 nitrogen and oxygen atoms in total. The first-order chi connectivity index (χ1) is 9.34. The molecule has 1 fully saturated rings. The van der Waals surface area contributed by atoms with E-state index in [0.717, 1.165) is 23.4 Å². The fourth-order valence-corrected chi connectivity index (χ4v) is 3.36. The van der Waals surface area contributed by atoms with Crippen molar-refractivity contribution in [2.24, 2.45) is 0 Å². The van der Waals surface area contributed by atoms with Crippen molar-refractivity contribution in [2.75, 3.05) is 26.2 Å². The van der Waals surface area contributed by atoms with E-state index < -0.39 is 0 Å². The summed E-state index contributed by atoms with van der Waals surface area (Å²) in [5.74, 6) is 0.956. The van der Waals surface area contributed by atoms with Gasteiger partial charge in [-0.25, -0.2) is 0 Å². The number of halogens is 1. The maximum Gasteiger partial charge on any atom is 0.137 e. The van der Waals surface area contributed by atoms with Gasteiger partial charge in [-0.2, -0.15) is 0 Å². The van der Waals surface area contributed by atoms with Crippen LogP contribution in [0.2, 0.25) is 0 Å². The second kappa shape index (κ2) is 5.93. The zero-order valence-electron chi connectivity index (χ0n) is 11.0. The van der Waals surface area contributed by atoms with Crippen LogP contribution in [-0.4, -0.2) is 26.2 Å². The van der Waals surface area contributed by atoms with Gasteiger partial charge >= 0.3 is 0 Å². The Morgan fingerprint density at radius 2 is 1.84 bits per heavy atom. The van der Waals surface area contributed by atoms with Gasteiger partial charge in [-0.3, -0.25) is 0 Å². The van der Waals surface area contributed by atoms with Crippen LogP contribution in [0.25, 0.3) is 10.8 Å². The molecule has 3 rings (SSSR count). The molecule has 0 bridgehead atoms. The lowest BCUT2D eigenvalue weighted by Crippen LogP contribution is -3.10.